The smallest absolute Gasteiger partial charge is 0.261 e. The molecule has 1 saturated heterocycles. The van der Waals surface area contributed by atoms with Crippen molar-refractivity contribution in [3.05, 3.63) is 69.8 Å². The van der Waals surface area contributed by atoms with E-state index in [-0.39, 0.29) is 30.5 Å². The summed E-state index contributed by atoms with van der Waals surface area (Å²) < 4.78 is 1.30. The van der Waals surface area contributed by atoms with Gasteiger partial charge in [0.2, 0.25) is 11.8 Å². The van der Waals surface area contributed by atoms with Crippen LogP contribution in [0.25, 0.3) is 10.9 Å². The number of benzene rings is 2. The average molecular weight is 459 g/mol. The van der Waals surface area contributed by atoms with Crippen LogP contribution in [0.1, 0.15) is 23.6 Å². The lowest BCUT2D eigenvalue weighted by Gasteiger charge is -2.35. The van der Waals surface area contributed by atoms with Gasteiger partial charge in [0.05, 0.1) is 28.9 Å². The molecule has 9 heteroatoms. The summed E-state index contributed by atoms with van der Waals surface area (Å²) in [6.45, 7) is 6.19. The summed E-state index contributed by atoms with van der Waals surface area (Å²) in [6.07, 6.45) is 1.39. The predicted octanol–water partition coefficient (Wildman–Crippen LogP) is 1.56. The molecule has 4 rings (SSSR count). The highest BCUT2D eigenvalue weighted by Gasteiger charge is 2.19. The lowest BCUT2D eigenvalue weighted by atomic mass is 10.0. The van der Waals surface area contributed by atoms with Gasteiger partial charge < -0.3 is 15.1 Å². The molecule has 1 fully saturated rings. The first-order valence-corrected chi connectivity index (χ1v) is 11.1. The molecular weight excluding hydrogens is 432 g/mol. The second-order valence-electron chi connectivity index (χ2n) is 8.35. The van der Waals surface area contributed by atoms with Crippen molar-refractivity contribution in [3.63, 3.8) is 0 Å². The Morgan fingerprint density at radius 1 is 1.15 bits per heavy atom. The molecule has 0 spiro atoms. The van der Waals surface area contributed by atoms with E-state index in [1.807, 2.05) is 24.0 Å². The Labute approximate surface area is 197 Å². The molecule has 0 bridgehead atoms. The van der Waals surface area contributed by atoms with Crippen molar-refractivity contribution < 1.29 is 9.59 Å². The number of anilines is 1. The number of nitriles is 1. The number of amides is 2. The molecule has 9 nitrogen and oxygen atoms in total. The lowest BCUT2D eigenvalue weighted by molar-refractivity contribution is -0.129. The largest absolute Gasteiger partial charge is 0.368 e. The molecular formula is C25H26N6O3. The number of nitrogens with zero attached hydrogens (tertiary/aromatic N) is 5. The highest BCUT2D eigenvalue weighted by molar-refractivity contribution is 5.82. The number of nitrogens with one attached hydrogen (secondary N) is 1. The van der Waals surface area contributed by atoms with Gasteiger partial charge in [-0.3, -0.25) is 19.0 Å². The Morgan fingerprint density at radius 3 is 2.62 bits per heavy atom. The van der Waals surface area contributed by atoms with Crippen molar-refractivity contribution in [2.75, 3.05) is 31.1 Å². The van der Waals surface area contributed by atoms with Gasteiger partial charge in [-0.15, -0.1) is 0 Å². The fraction of sp³-hybridized carbons (Fsp3) is 0.320. The number of fused-ring (bicyclic) bond motifs is 1. The molecule has 2 heterocycles. The quantitative estimate of drug-likeness (QED) is 0.621. The molecule has 0 aliphatic carbocycles. The van der Waals surface area contributed by atoms with Crippen molar-refractivity contribution >= 4 is 28.4 Å². The number of aromatic nitrogens is 2. The van der Waals surface area contributed by atoms with Crippen molar-refractivity contribution in [2.45, 2.75) is 26.9 Å². The maximum Gasteiger partial charge on any atom is 0.261 e. The van der Waals surface area contributed by atoms with Crippen LogP contribution in [0.5, 0.6) is 0 Å². The van der Waals surface area contributed by atoms with Crippen molar-refractivity contribution in [1.29, 1.82) is 5.26 Å². The van der Waals surface area contributed by atoms with Crippen molar-refractivity contribution in [3.8, 4) is 6.07 Å². The number of carbonyl (C=O) groups is 2. The molecule has 0 unspecified atom stereocenters. The molecule has 1 N–H and O–H groups in total. The van der Waals surface area contributed by atoms with Crippen LogP contribution in [0.3, 0.4) is 0 Å². The Kier molecular flexibility index (Phi) is 6.59. The zero-order valence-electron chi connectivity index (χ0n) is 19.2. The molecule has 3 aromatic rings. The SMILES string of the molecule is CC(=O)N1CCN(c2ccc3ncn(CC(=O)NCc4cccc(C#N)c4C)c(=O)c3c2)CC1. The third-order valence-electron chi connectivity index (χ3n) is 6.25. The van der Waals surface area contributed by atoms with Crippen LogP contribution in [0.4, 0.5) is 5.69 Å². The van der Waals surface area contributed by atoms with Gasteiger partial charge in [-0.25, -0.2) is 4.98 Å². The first kappa shape index (κ1) is 23.0. The second kappa shape index (κ2) is 9.75. The average Bonchev–Trinajstić information content (AvgIpc) is 2.85. The minimum atomic E-state index is -0.318. The standard InChI is InChI=1S/C25H26N6O3/c1-17-19(13-26)4-3-5-20(17)14-27-24(33)15-31-16-28-23-7-6-21(12-22(23)25(31)34)30-10-8-29(9-11-30)18(2)32/h3-7,12,16H,8-11,14-15H2,1-2H3,(H,27,33). The number of carbonyl (C=O) groups excluding carboxylic acids is 2. The zero-order chi connectivity index (χ0) is 24.2. The van der Waals surface area contributed by atoms with Gasteiger partial charge in [-0.2, -0.15) is 5.26 Å². The van der Waals surface area contributed by atoms with Crippen LogP contribution < -0.4 is 15.8 Å². The molecule has 0 radical (unpaired) electrons. The Balaban J connectivity index is 1.47. The van der Waals surface area contributed by atoms with Gasteiger partial charge in [0.1, 0.15) is 6.54 Å². The minimum absolute atomic E-state index is 0.0662. The molecule has 1 aromatic heterocycles. The Bertz CT molecular complexity index is 1350. The van der Waals surface area contributed by atoms with Crippen LogP contribution >= 0.6 is 0 Å². The van der Waals surface area contributed by atoms with Crippen LogP contribution in [0.15, 0.2) is 47.5 Å². The second-order valence-corrected chi connectivity index (χ2v) is 8.35. The molecule has 0 atom stereocenters. The molecule has 174 valence electrons. The lowest BCUT2D eigenvalue weighted by Crippen LogP contribution is -2.48. The number of hydrogen-bond donors (Lipinski definition) is 1. The number of piperazine rings is 1. The fourth-order valence-electron chi connectivity index (χ4n) is 4.14. The van der Waals surface area contributed by atoms with Crippen LogP contribution in [0, 0.1) is 18.3 Å². The normalized spacial score (nSPS) is 13.6. The summed E-state index contributed by atoms with van der Waals surface area (Å²) in [5, 5.41) is 12.4. The van der Waals surface area contributed by atoms with Gasteiger partial charge >= 0.3 is 0 Å². The maximum atomic E-state index is 13.1. The van der Waals surface area contributed by atoms with Crippen LogP contribution in [0.2, 0.25) is 0 Å². The Morgan fingerprint density at radius 2 is 1.91 bits per heavy atom. The third-order valence-corrected chi connectivity index (χ3v) is 6.25. The topological polar surface area (TPSA) is 111 Å². The highest BCUT2D eigenvalue weighted by Crippen LogP contribution is 2.20. The van der Waals surface area contributed by atoms with E-state index in [0.29, 0.717) is 42.6 Å². The van der Waals surface area contributed by atoms with Gasteiger partial charge in [0.15, 0.2) is 0 Å². The molecule has 2 aromatic carbocycles. The van der Waals surface area contributed by atoms with E-state index >= 15 is 0 Å². The maximum absolute atomic E-state index is 13.1. The summed E-state index contributed by atoms with van der Waals surface area (Å²) in [4.78, 5) is 45.5. The first-order chi connectivity index (χ1) is 16.4. The summed E-state index contributed by atoms with van der Waals surface area (Å²) in [6, 6.07) is 13.0. The van der Waals surface area contributed by atoms with E-state index in [0.717, 1.165) is 16.8 Å². The zero-order valence-corrected chi connectivity index (χ0v) is 19.2. The van der Waals surface area contributed by atoms with Crippen molar-refractivity contribution in [2.24, 2.45) is 0 Å². The van der Waals surface area contributed by atoms with Crippen molar-refractivity contribution in [1.82, 2.24) is 19.8 Å². The number of hydrogen-bond acceptors (Lipinski definition) is 6. The van der Waals surface area contributed by atoms with Crippen LogP contribution in [-0.2, 0) is 22.7 Å². The monoisotopic (exact) mass is 458 g/mol. The predicted molar refractivity (Wildman–Crippen MR) is 128 cm³/mol. The molecule has 1 aliphatic rings. The Hall–Kier alpha value is -4.19. The van der Waals surface area contributed by atoms with Gasteiger partial charge in [0, 0.05) is 45.3 Å². The summed E-state index contributed by atoms with van der Waals surface area (Å²) in [5.41, 5.74) is 3.42. The molecule has 1 aliphatic heterocycles. The summed E-state index contributed by atoms with van der Waals surface area (Å²) in [5.74, 6) is -0.252. The van der Waals surface area contributed by atoms with E-state index < -0.39 is 0 Å². The van der Waals surface area contributed by atoms with Crippen LogP contribution in [-0.4, -0.2) is 52.4 Å². The summed E-state index contributed by atoms with van der Waals surface area (Å²) in [7, 11) is 0. The van der Waals surface area contributed by atoms with Gasteiger partial charge in [0.25, 0.3) is 5.56 Å². The minimum Gasteiger partial charge on any atom is -0.368 e. The molecule has 2 amide bonds. The van der Waals surface area contributed by atoms with E-state index in [4.69, 9.17) is 5.26 Å². The van der Waals surface area contributed by atoms with Gasteiger partial charge in [-0.1, -0.05) is 12.1 Å². The molecule has 0 saturated carbocycles. The van der Waals surface area contributed by atoms with E-state index in [1.54, 1.807) is 31.2 Å². The van der Waals surface area contributed by atoms with Gasteiger partial charge in [-0.05, 0) is 42.3 Å². The van der Waals surface area contributed by atoms with E-state index in [2.05, 4.69) is 21.3 Å². The first-order valence-electron chi connectivity index (χ1n) is 11.1. The van der Waals surface area contributed by atoms with E-state index in [1.165, 1.54) is 10.9 Å². The third kappa shape index (κ3) is 4.76. The highest BCUT2D eigenvalue weighted by atomic mass is 16.2. The molecule has 34 heavy (non-hydrogen) atoms. The number of rotatable bonds is 5. The van der Waals surface area contributed by atoms with E-state index in [9.17, 15) is 14.4 Å². The summed E-state index contributed by atoms with van der Waals surface area (Å²) >= 11 is 0. The fourth-order valence-corrected chi connectivity index (χ4v) is 4.14.